The quantitative estimate of drug-likeness (QED) is 0.507. The molecule has 1 aliphatic rings. The number of methoxy groups -OCH3 is 1. The first-order chi connectivity index (χ1) is 14.7. The maximum atomic E-state index is 13.0. The standard InChI is InChI=1S/C23H25N5O2/c1-30-18-9-7-16(8-10-18)11-13-27-14-12-20-19(22(27)29)15-24-23-25-21(26-28(20)23)17-5-3-2-4-6-17/h7-10,12,14-15,17H,2-6,11,13H2,1H3. The van der Waals surface area contributed by atoms with Crippen LogP contribution in [0.2, 0.25) is 0 Å². The van der Waals surface area contributed by atoms with Crippen LogP contribution in [0.3, 0.4) is 0 Å². The predicted octanol–water partition coefficient (Wildman–Crippen LogP) is 3.74. The Hall–Kier alpha value is -3.22. The SMILES string of the molecule is COc1ccc(CCn2ccc3c(cnc4nc(C5CCCCC5)nn43)c2=O)cc1. The fourth-order valence-electron chi connectivity index (χ4n) is 4.33. The molecule has 0 radical (unpaired) electrons. The molecule has 0 unspecified atom stereocenters. The van der Waals surface area contributed by atoms with Gasteiger partial charge in [0.25, 0.3) is 11.3 Å². The molecule has 7 nitrogen and oxygen atoms in total. The summed E-state index contributed by atoms with van der Waals surface area (Å²) in [5, 5.41) is 5.30. The van der Waals surface area contributed by atoms with E-state index in [-0.39, 0.29) is 5.56 Å². The van der Waals surface area contributed by atoms with E-state index in [1.807, 2.05) is 36.5 Å². The van der Waals surface area contributed by atoms with Crippen molar-refractivity contribution in [3.8, 4) is 5.75 Å². The average molecular weight is 403 g/mol. The van der Waals surface area contributed by atoms with Crippen molar-refractivity contribution in [2.24, 2.45) is 0 Å². The molecule has 0 N–H and O–H groups in total. The summed E-state index contributed by atoms with van der Waals surface area (Å²) in [4.78, 5) is 22.1. The van der Waals surface area contributed by atoms with E-state index in [0.717, 1.165) is 41.9 Å². The van der Waals surface area contributed by atoms with Crippen LogP contribution in [-0.4, -0.2) is 31.3 Å². The molecule has 1 aliphatic carbocycles. The van der Waals surface area contributed by atoms with Gasteiger partial charge in [-0.2, -0.15) is 9.50 Å². The Labute approximate surface area is 174 Å². The number of hydrogen-bond acceptors (Lipinski definition) is 5. The Bertz CT molecular complexity index is 1240. The molecular formula is C23H25N5O2. The van der Waals surface area contributed by atoms with Gasteiger partial charge in [-0.15, -0.1) is 5.10 Å². The van der Waals surface area contributed by atoms with Gasteiger partial charge in [0.2, 0.25) is 0 Å². The number of nitrogens with zero attached hydrogens (tertiary/aromatic N) is 5. The number of aryl methyl sites for hydroxylation is 2. The Morgan fingerprint density at radius 1 is 1.10 bits per heavy atom. The molecular weight excluding hydrogens is 378 g/mol. The highest BCUT2D eigenvalue weighted by atomic mass is 16.5. The van der Waals surface area contributed by atoms with Gasteiger partial charge in [-0.25, -0.2) is 4.98 Å². The highest BCUT2D eigenvalue weighted by Gasteiger charge is 2.21. The molecule has 0 spiro atoms. The van der Waals surface area contributed by atoms with Gasteiger partial charge >= 0.3 is 0 Å². The van der Waals surface area contributed by atoms with Gasteiger partial charge < -0.3 is 9.30 Å². The Kier molecular flexibility index (Phi) is 4.94. The van der Waals surface area contributed by atoms with Crippen LogP contribution in [0.1, 0.15) is 49.4 Å². The second-order valence-corrected chi connectivity index (χ2v) is 7.99. The molecule has 3 aromatic heterocycles. The molecule has 0 atom stereocenters. The first-order valence-corrected chi connectivity index (χ1v) is 10.6. The summed E-state index contributed by atoms with van der Waals surface area (Å²) < 4.78 is 8.67. The summed E-state index contributed by atoms with van der Waals surface area (Å²) in [5.74, 6) is 2.66. The second-order valence-electron chi connectivity index (χ2n) is 7.99. The van der Waals surface area contributed by atoms with Gasteiger partial charge in [0.15, 0.2) is 5.82 Å². The Morgan fingerprint density at radius 2 is 1.90 bits per heavy atom. The number of fused-ring (bicyclic) bond motifs is 3. The fourth-order valence-corrected chi connectivity index (χ4v) is 4.33. The molecule has 5 rings (SSSR count). The summed E-state index contributed by atoms with van der Waals surface area (Å²) >= 11 is 0. The van der Waals surface area contributed by atoms with Gasteiger partial charge in [-0.1, -0.05) is 31.4 Å². The molecule has 1 aromatic carbocycles. The lowest BCUT2D eigenvalue weighted by Gasteiger charge is -2.17. The van der Waals surface area contributed by atoms with Crippen LogP contribution in [0.15, 0.2) is 47.5 Å². The molecule has 1 saturated carbocycles. The number of benzene rings is 1. The minimum Gasteiger partial charge on any atom is -0.497 e. The van der Waals surface area contributed by atoms with Crippen molar-refractivity contribution >= 4 is 16.7 Å². The minimum absolute atomic E-state index is 0.0508. The lowest BCUT2D eigenvalue weighted by atomic mass is 9.89. The monoisotopic (exact) mass is 403 g/mol. The molecule has 0 aliphatic heterocycles. The van der Waals surface area contributed by atoms with Crippen LogP contribution in [0.4, 0.5) is 0 Å². The first kappa shape index (κ1) is 18.8. The van der Waals surface area contributed by atoms with E-state index in [4.69, 9.17) is 9.84 Å². The van der Waals surface area contributed by atoms with Gasteiger partial charge in [-0.3, -0.25) is 4.79 Å². The summed E-state index contributed by atoms with van der Waals surface area (Å²) in [6.07, 6.45) is 10.3. The third kappa shape index (κ3) is 3.44. The third-order valence-corrected chi connectivity index (χ3v) is 6.09. The van der Waals surface area contributed by atoms with Crippen molar-refractivity contribution in [3.05, 3.63) is 64.5 Å². The van der Waals surface area contributed by atoms with Gasteiger partial charge in [0, 0.05) is 24.9 Å². The molecule has 3 heterocycles. The summed E-state index contributed by atoms with van der Waals surface area (Å²) in [5.41, 5.74) is 1.87. The minimum atomic E-state index is -0.0508. The van der Waals surface area contributed by atoms with Crippen LogP contribution >= 0.6 is 0 Å². The number of pyridine rings is 1. The van der Waals surface area contributed by atoms with Crippen molar-refractivity contribution in [3.63, 3.8) is 0 Å². The maximum absolute atomic E-state index is 13.0. The normalized spacial score (nSPS) is 15.1. The van der Waals surface area contributed by atoms with Crippen LogP contribution < -0.4 is 10.3 Å². The Balaban J connectivity index is 1.44. The van der Waals surface area contributed by atoms with E-state index in [2.05, 4.69) is 9.97 Å². The van der Waals surface area contributed by atoms with E-state index in [0.29, 0.717) is 23.6 Å². The smallest absolute Gasteiger partial charge is 0.261 e. The number of ether oxygens (including phenoxy) is 1. The predicted molar refractivity (Wildman–Crippen MR) is 115 cm³/mol. The molecule has 30 heavy (non-hydrogen) atoms. The van der Waals surface area contributed by atoms with Crippen LogP contribution in [-0.2, 0) is 13.0 Å². The largest absolute Gasteiger partial charge is 0.497 e. The van der Waals surface area contributed by atoms with Crippen molar-refractivity contribution in [2.45, 2.75) is 51.0 Å². The zero-order valence-corrected chi connectivity index (χ0v) is 17.1. The Morgan fingerprint density at radius 3 is 2.67 bits per heavy atom. The van der Waals surface area contributed by atoms with Crippen LogP contribution in [0.5, 0.6) is 5.75 Å². The summed E-state index contributed by atoms with van der Waals surface area (Å²) in [6, 6.07) is 9.87. The highest BCUT2D eigenvalue weighted by molar-refractivity contribution is 5.78. The zero-order chi connectivity index (χ0) is 20.5. The average Bonchev–Trinajstić information content (AvgIpc) is 3.24. The molecule has 1 fully saturated rings. The van der Waals surface area contributed by atoms with E-state index < -0.39 is 0 Å². The molecule has 7 heteroatoms. The van der Waals surface area contributed by atoms with E-state index >= 15 is 0 Å². The summed E-state index contributed by atoms with van der Waals surface area (Å²) in [7, 11) is 1.65. The van der Waals surface area contributed by atoms with Crippen molar-refractivity contribution in [2.75, 3.05) is 7.11 Å². The first-order valence-electron chi connectivity index (χ1n) is 10.6. The van der Waals surface area contributed by atoms with Crippen molar-refractivity contribution in [1.29, 1.82) is 0 Å². The maximum Gasteiger partial charge on any atom is 0.261 e. The molecule has 0 saturated heterocycles. The van der Waals surface area contributed by atoms with Gasteiger partial charge in [0.1, 0.15) is 5.75 Å². The summed E-state index contributed by atoms with van der Waals surface area (Å²) in [6.45, 7) is 0.601. The molecule has 154 valence electrons. The number of aromatic nitrogens is 5. The lowest BCUT2D eigenvalue weighted by molar-refractivity contribution is 0.414. The molecule has 0 amide bonds. The van der Waals surface area contributed by atoms with Crippen LogP contribution in [0, 0.1) is 0 Å². The third-order valence-electron chi connectivity index (χ3n) is 6.09. The topological polar surface area (TPSA) is 74.3 Å². The number of hydrogen-bond donors (Lipinski definition) is 0. The van der Waals surface area contributed by atoms with Gasteiger partial charge in [-0.05, 0) is 43.0 Å². The van der Waals surface area contributed by atoms with Gasteiger partial charge in [0.05, 0.1) is 18.0 Å². The molecule has 0 bridgehead atoms. The fraction of sp³-hybridized carbons (Fsp3) is 0.391. The molecule has 4 aromatic rings. The van der Waals surface area contributed by atoms with E-state index in [9.17, 15) is 4.79 Å². The highest BCUT2D eigenvalue weighted by Crippen LogP contribution is 2.31. The van der Waals surface area contributed by atoms with E-state index in [1.54, 1.807) is 22.4 Å². The van der Waals surface area contributed by atoms with Crippen LogP contribution in [0.25, 0.3) is 16.7 Å². The second kappa shape index (κ2) is 7.89. The van der Waals surface area contributed by atoms with E-state index in [1.165, 1.54) is 19.3 Å². The van der Waals surface area contributed by atoms with Crippen molar-refractivity contribution < 1.29 is 4.74 Å². The van der Waals surface area contributed by atoms with Crippen molar-refractivity contribution in [1.82, 2.24) is 24.1 Å². The zero-order valence-electron chi connectivity index (χ0n) is 17.1. The lowest BCUT2D eigenvalue weighted by Crippen LogP contribution is -2.21. The number of rotatable bonds is 5.